The zero-order valence-electron chi connectivity index (χ0n) is 19.2. The number of hydrogen-bond donors (Lipinski definition) is 3. The molecule has 0 aliphatic carbocycles. The van der Waals surface area contributed by atoms with Crippen LogP contribution in [0.1, 0.15) is 44.9 Å². The smallest absolute Gasteiger partial charge is 0.322 e. The molecule has 2 atom stereocenters. The Balaban J connectivity index is 2.04. The van der Waals surface area contributed by atoms with Crippen LogP contribution in [0.5, 0.6) is 0 Å². The molecule has 0 saturated carbocycles. The van der Waals surface area contributed by atoms with Crippen molar-refractivity contribution < 1.29 is 19.1 Å². The van der Waals surface area contributed by atoms with Gasteiger partial charge in [0.25, 0.3) is 0 Å². The van der Waals surface area contributed by atoms with Crippen LogP contribution >= 0.6 is 23.2 Å². The Morgan fingerprint density at radius 2 is 1.73 bits per heavy atom. The Morgan fingerprint density at radius 1 is 1.09 bits per heavy atom. The Labute approximate surface area is 204 Å². The number of rotatable bonds is 8. The summed E-state index contributed by atoms with van der Waals surface area (Å²) >= 11 is 11.9. The summed E-state index contributed by atoms with van der Waals surface area (Å²) in [5, 5.41) is 16.8. The van der Waals surface area contributed by atoms with Gasteiger partial charge in [-0.05, 0) is 42.3 Å². The van der Waals surface area contributed by atoms with Crippen LogP contribution in [0.2, 0.25) is 10.0 Å². The van der Waals surface area contributed by atoms with E-state index in [4.69, 9.17) is 23.2 Å². The first-order valence-electron chi connectivity index (χ1n) is 10.6. The third-order valence-electron chi connectivity index (χ3n) is 5.05. The number of urea groups is 1. The molecule has 3 amide bonds. The Bertz CT molecular complexity index is 964. The fourth-order valence-corrected chi connectivity index (χ4v) is 3.21. The molecule has 1 unspecified atom stereocenters. The molecule has 33 heavy (non-hydrogen) atoms. The van der Waals surface area contributed by atoms with Crippen molar-refractivity contribution in [1.82, 2.24) is 10.2 Å². The highest BCUT2D eigenvalue weighted by Crippen LogP contribution is 2.26. The lowest BCUT2D eigenvalue weighted by Gasteiger charge is -2.30. The van der Waals surface area contributed by atoms with Crippen LogP contribution < -0.4 is 10.6 Å². The second kappa shape index (κ2) is 11.7. The molecule has 9 heteroatoms. The number of benzene rings is 2. The normalized spacial score (nSPS) is 13.2. The SMILES string of the molecule is CC(CF)N(C[C@@H](O)c1ccc(Cl)c(Cl)c1)C(=O)Nc1ccc(CNC(=O)C(C)(C)C)cc1. The van der Waals surface area contributed by atoms with Crippen molar-refractivity contribution in [3.63, 3.8) is 0 Å². The van der Waals surface area contributed by atoms with Crippen molar-refractivity contribution in [1.29, 1.82) is 0 Å². The molecule has 0 radical (unpaired) electrons. The lowest BCUT2D eigenvalue weighted by atomic mass is 9.95. The van der Waals surface area contributed by atoms with Crippen LogP contribution in [0.15, 0.2) is 42.5 Å². The van der Waals surface area contributed by atoms with E-state index in [1.807, 2.05) is 20.8 Å². The van der Waals surface area contributed by atoms with Gasteiger partial charge >= 0.3 is 6.03 Å². The van der Waals surface area contributed by atoms with Gasteiger partial charge in [-0.25, -0.2) is 9.18 Å². The van der Waals surface area contributed by atoms with Crippen LogP contribution in [0.3, 0.4) is 0 Å². The number of alkyl halides is 1. The summed E-state index contributed by atoms with van der Waals surface area (Å²) in [5.74, 6) is -0.0590. The number of aliphatic hydroxyl groups excluding tert-OH is 1. The van der Waals surface area contributed by atoms with E-state index in [9.17, 15) is 19.1 Å². The van der Waals surface area contributed by atoms with Crippen molar-refractivity contribution in [2.75, 3.05) is 18.5 Å². The topological polar surface area (TPSA) is 81.7 Å². The maximum atomic E-state index is 13.4. The van der Waals surface area contributed by atoms with E-state index in [0.29, 0.717) is 22.8 Å². The molecular formula is C24H30Cl2FN3O3. The van der Waals surface area contributed by atoms with Crippen LogP contribution in [0.4, 0.5) is 14.9 Å². The minimum Gasteiger partial charge on any atom is -0.387 e. The number of aliphatic hydroxyl groups is 1. The third-order valence-corrected chi connectivity index (χ3v) is 5.79. The largest absolute Gasteiger partial charge is 0.387 e. The van der Waals surface area contributed by atoms with Crippen LogP contribution in [0.25, 0.3) is 0 Å². The van der Waals surface area contributed by atoms with E-state index in [0.717, 1.165) is 5.56 Å². The summed E-state index contributed by atoms with van der Waals surface area (Å²) in [6.45, 7) is 6.53. The molecule has 3 N–H and O–H groups in total. The van der Waals surface area contributed by atoms with Gasteiger partial charge in [-0.15, -0.1) is 0 Å². The molecule has 0 bridgehead atoms. The molecule has 2 rings (SSSR count). The molecular weight excluding hydrogens is 468 g/mol. The predicted octanol–water partition coefficient (Wildman–Crippen LogP) is 5.58. The average molecular weight is 498 g/mol. The van der Waals surface area contributed by atoms with E-state index in [-0.39, 0.29) is 17.5 Å². The monoisotopic (exact) mass is 497 g/mol. The number of amides is 3. The van der Waals surface area contributed by atoms with Crippen molar-refractivity contribution in [2.24, 2.45) is 5.41 Å². The predicted molar refractivity (Wildman–Crippen MR) is 130 cm³/mol. The van der Waals surface area contributed by atoms with Crippen molar-refractivity contribution in [3.05, 3.63) is 63.6 Å². The molecule has 0 heterocycles. The Morgan fingerprint density at radius 3 is 2.27 bits per heavy atom. The van der Waals surface area contributed by atoms with Crippen molar-refractivity contribution in [2.45, 2.75) is 46.4 Å². The summed E-state index contributed by atoms with van der Waals surface area (Å²) in [4.78, 5) is 26.1. The molecule has 0 aliphatic heterocycles. The highest BCUT2D eigenvalue weighted by Gasteiger charge is 2.24. The third kappa shape index (κ3) is 7.88. The summed E-state index contributed by atoms with van der Waals surface area (Å²) in [6.07, 6.45) is -1.08. The number of hydrogen-bond acceptors (Lipinski definition) is 3. The van der Waals surface area contributed by atoms with Crippen LogP contribution in [-0.2, 0) is 11.3 Å². The van der Waals surface area contributed by atoms with E-state index in [2.05, 4.69) is 10.6 Å². The summed E-state index contributed by atoms with van der Waals surface area (Å²) in [7, 11) is 0. The highest BCUT2D eigenvalue weighted by molar-refractivity contribution is 6.42. The van der Waals surface area contributed by atoms with E-state index >= 15 is 0 Å². The fourth-order valence-electron chi connectivity index (χ4n) is 2.91. The standard InChI is InChI=1S/C24H30Cl2FN3O3/c1-15(12-27)30(14-21(31)17-7-10-19(25)20(26)11-17)23(33)29-18-8-5-16(6-9-18)13-28-22(32)24(2,3)4/h5-11,15,21,31H,12-14H2,1-4H3,(H,28,32)(H,29,33)/t15?,21-/m1/s1. The maximum absolute atomic E-state index is 13.4. The van der Waals surface area contributed by atoms with E-state index in [1.54, 1.807) is 43.3 Å². The van der Waals surface area contributed by atoms with Gasteiger partial charge in [0.15, 0.2) is 0 Å². The lowest BCUT2D eigenvalue weighted by molar-refractivity contribution is -0.128. The minimum atomic E-state index is -1.08. The molecule has 0 aromatic heterocycles. The van der Waals surface area contributed by atoms with Gasteiger partial charge in [0.1, 0.15) is 6.67 Å². The Kier molecular flexibility index (Phi) is 9.52. The quantitative estimate of drug-likeness (QED) is 0.445. The van der Waals surface area contributed by atoms with E-state index < -0.39 is 30.3 Å². The second-order valence-corrected chi connectivity index (χ2v) is 9.72. The fraction of sp³-hybridized carbons (Fsp3) is 0.417. The molecule has 2 aromatic rings. The first-order chi connectivity index (χ1) is 15.4. The molecule has 0 spiro atoms. The molecule has 180 valence electrons. The maximum Gasteiger partial charge on any atom is 0.322 e. The van der Waals surface area contributed by atoms with Gasteiger partial charge in [0.2, 0.25) is 5.91 Å². The first-order valence-corrected chi connectivity index (χ1v) is 11.3. The number of nitrogens with zero attached hydrogens (tertiary/aromatic N) is 1. The average Bonchev–Trinajstić information content (AvgIpc) is 2.77. The number of nitrogens with one attached hydrogen (secondary N) is 2. The summed E-state index contributed by atoms with van der Waals surface area (Å²) < 4.78 is 13.4. The second-order valence-electron chi connectivity index (χ2n) is 8.90. The Hall–Kier alpha value is -2.35. The van der Waals surface area contributed by atoms with Gasteiger partial charge in [-0.3, -0.25) is 4.79 Å². The van der Waals surface area contributed by atoms with Gasteiger partial charge < -0.3 is 20.6 Å². The van der Waals surface area contributed by atoms with Gasteiger partial charge in [0, 0.05) is 17.6 Å². The molecule has 0 saturated heterocycles. The lowest BCUT2D eigenvalue weighted by Crippen LogP contribution is -2.44. The number of carbonyl (C=O) groups is 2. The summed E-state index contributed by atoms with van der Waals surface area (Å²) in [5.41, 5.74) is 1.36. The zero-order valence-corrected chi connectivity index (χ0v) is 20.7. The number of anilines is 1. The van der Waals surface area contributed by atoms with E-state index in [1.165, 1.54) is 11.0 Å². The molecule has 0 aliphatic rings. The zero-order chi connectivity index (χ0) is 24.8. The van der Waals surface area contributed by atoms with Gasteiger partial charge in [0.05, 0.1) is 28.7 Å². The van der Waals surface area contributed by atoms with Crippen molar-refractivity contribution >= 4 is 40.8 Å². The molecule has 6 nitrogen and oxygen atoms in total. The number of carbonyl (C=O) groups excluding carboxylic acids is 2. The van der Waals surface area contributed by atoms with Gasteiger partial charge in [-0.1, -0.05) is 62.2 Å². The summed E-state index contributed by atoms with van der Waals surface area (Å²) in [6, 6.07) is 10.3. The molecule has 0 fully saturated rings. The number of halogens is 3. The van der Waals surface area contributed by atoms with Crippen LogP contribution in [0, 0.1) is 5.41 Å². The molecule has 2 aromatic carbocycles. The van der Waals surface area contributed by atoms with Gasteiger partial charge in [-0.2, -0.15) is 0 Å². The van der Waals surface area contributed by atoms with Crippen molar-refractivity contribution in [3.8, 4) is 0 Å². The van der Waals surface area contributed by atoms with Crippen LogP contribution in [-0.4, -0.2) is 41.2 Å². The minimum absolute atomic E-state index is 0.0590. The highest BCUT2D eigenvalue weighted by atomic mass is 35.5. The first kappa shape index (κ1) is 26.9.